The zero-order valence-electron chi connectivity index (χ0n) is 11.4. The van der Waals surface area contributed by atoms with Gasteiger partial charge in [-0.15, -0.1) is 6.58 Å². The van der Waals surface area contributed by atoms with Crippen LogP contribution in [0.1, 0.15) is 31.7 Å². The first-order valence-electron chi connectivity index (χ1n) is 6.83. The van der Waals surface area contributed by atoms with Crippen LogP contribution in [0.4, 0.5) is 0 Å². The fourth-order valence-electron chi connectivity index (χ4n) is 2.43. The molecule has 1 atom stereocenters. The van der Waals surface area contributed by atoms with E-state index in [1.165, 1.54) is 0 Å². The van der Waals surface area contributed by atoms with E-state index in [0.29, 0.717) is 6.61 Å². The summed E-state index contributed by atoms with van der Waals surface area (Å²) >= 11 is 0. The number of carbonyl (C=O) groups excluding carboxylic acids is 1. The number of allylic oxidation sites excluding steroid dienone is 3. The van der Waals surface area contributed by atoms with E-state index < -0.39 is 0 Å². The average Bonchev–Trinajstić information content (AvgIpc) is 2.43. The fraction of sp³-hybridized carbons (Fsp3) is 0.353. The first-order valence-corrected chi connectivity index (χ1v) is 6.83. The quantitative estimate of drug-likeness (QED) is 0.744. The topological polar surface area (TPSA) is 26.3 Å². The molecule has 1 aliphatic rings. The highest BCUT2D eigenvalue weighted by molar-refractivity contribution is 6.00. The van der Waals surface area contributed by atoms with E-state index in [-0.39, 0.29) is 11.7 Å². The molecule has 2 rings (SSSR count). The molecule has 2 nitrogen and oxygen atoms in total. The maximum Gasteiger partial charge on any atom is 0.159 e. The molecule has 0 aromatic heterocycles. The van der Waals surface area contributed by atoms with Crippen LogP contribution in [-0.4, -0.2) is 12.4 Å². The van der Waals surface area contributed by atoms with Crippen LogP contribution in [0.25, 0.3) is 5.57 Å². The second-order valence-electron chi connectivity index (χ2n) is 4.79. The van der Waals surface area contributed by atoms with Crippen LogP contribution in [0.15, 0.2) is 43.0 Å². The van der Waals surface area contributed by atoms with E-state index in [9.17, 15) is 4.79 Å². The molecular weight excluding hydrogens is 236 g/mol. The third-order valence-corrected chi connectivity index (χ3v) is 3.47. The molecule has 0 heterocycles. The summed E-state index contributed by atoms with van der Waals surface area (Å²) in [7, 11) is 0. The Morgan fingerprint density at radius 3 is 2.68 bits per heavy atom. The van der Waals surface area contributed by atoms with Gasteiger partial charge in [-0.2, -0.15) is 0 Å². The maximum absolute atomic E-state index is 12.0. The van der Waals surface area contributed by atoms with Gasteiger partial charge < -0.3 is 4.74 Å². The van der Waals surface area contributed by atoms with Crippen molar-refractivity contribution < 1.29 is 9.53 Å². The average molecular weight is 256 g/mol. The van der Waals surface area contributed by atoms with Crippen molar-refractivity contribution in [1.82, 2.24) is 0 Å². The summed E-state index contributed by atoms with van der Waals surface area (Å²) < 4.78 is 5.42. The van der Waals surface area contributed by atoms with Crippen LogP contribution in [0.3, 0.4) is 0 Å². The molecule has 0 amide bonds. The Morgan fingerprint density at radius 2 is 2.11 bits per heavy atom. The van der Waals surface area contributed by atoms with Crippen LogP contribution in [-0.2, 0) is 4.79 Å². The zero-order valence-corrected chi connectivity index (χ0v) is 11.4. The molecule has 0 fully saturated rings. The van der Waals surface area contributed by atoms with Crippen LogP contribution in [0.5, 0.6) is 5.75 Å². The maximum atomic E-state index is 12.0. The van der Waals surface area contributed by atoms with Crippen molar-refractivity contribution in [2.45, 2.75) is 26.2 Å². The van der Waals surface area contributed by atoms with Gasteiger partial charge in [0.1, 0.15) is 5.75 Å². The molecule has 0 N–H and O–H groups in total. The molecule has 1 unspecified atom stereocenters. The first kappa shape index (κ1) is 13.6. The number of carbonyl (C=O) groups is 1. The van der Waals surface area contributed by atoms with Crippen molar-refractivity contribution in [3.8, 4) is 5.75 Å². The lowest BCUT2D eigenvalue weighted by atomic mass is 9.84. The van der Waals surface area contributed by atoms with Crippen LogP contribution in [0, 0.1) is 5.92 Å². The van der Waals surface area contributed by atoms with Crippen molar-refractivity contribution in [2.24, 2.45) is 5.92 Å². The highest BCUT2D eigenvalue weighted by Gasteiger charge is 2.21. The molecule has 1 aliphatic carbocycles. The lowest BCUT2D eigenvalue weighted by Crippen LogP contribution is -2.16. The summed E-state index contributed by atoms with van der Waals surface area (Å²) in [6.45, 7) is 6.35. The van der Waals surface area contributed by atoms with E-state index in [1.54, 1.807) is 6.08 Å². The molecule has 0 aliphatic heterocycles. The molecular formula is C17H20O2. The monoisotopic (exact) mass is 256 g/mol. The van der Waals surface area contributed by atoms with Gasteiger partial charge in [0, 0.05) is 5.92 Å². The number of ether oxygens (including phenoxy) is 1. The van der Waals surface area contributed by atoms with Gasteiger partial charge in [0.05, 0.1) is 6.61 Å². The Balaban J connectivity index is 2.12. The number of rotatable bonds is 5. The molecule has 2 heteroatoms. The summed E-state index contributed by atoms with van der Waals surface area (Å²) in [6.07, 6.45) is 6.29. The zero-order chi connectivity index (χ0) is 13.7. The summed E-state index contributed by atoms with van der Waals surface area (Å²) in [5, 5.41) is 0. The van der Waals surface area contributed by atoms with Crippen molar-refractivity contribution in [3.05, 3.63) is 48.6 Å². The third kappa shape index (κ3) is 3.34. The highest BCUT2D eigenvalue weighted by Crippen LogP contribution is 2.30. The molecule has 100 valence electrons. The van der Waals surface area contributed by atoms with Gasteiger partial charge in [0.25, 0.3) is 0 Å². The van der Waals surface area contributed by atoms with Crippen molar-refractivity contribution >= 4 is 11.4 Å². The van der Waals surface area contributed by atoms with Gasteiger partial charge in [-0.3, -0.25) is 4.79 Å². The summed E-state index contributed by atoms with van der Waals surface area (Å²) in [6, 6.07) is 7.97. The van der Waals surface area contributed by atoms with Crippen molar-refractivity contribution in [2.75, 3.05) is 6.61 Å². The molecule has 0 spiro atoms. The molecule has 0 saturated heterocycles. The molecule has 0 saturated carbocycles. The van der Waals surface area contributed by atoms with Gasteiger partial charge in [0.2, 0.25) is 0 Å². The lowest BCUT2D eigenvalue weighted by Gasteiger charge is -2.20. The lowest BCUT2D eigenvalue weighted by molar-refractivity contribution is -0.118. The van der Waals surface area contributed by atoms with Crippen LogP contribution in [0.2, 0.25) is 0 Å². The Bertz CT molecular complexity index is 482. The first-order chi connectivity index (χ1) is 9.24. The SMILES string of the molecule is C=CCC1CCC(c2ccc(OCC)cc2)=CC1=O. The largest absolute Gasteiger partial charge is 0.494 e. The molecule has 1 aromatic rings. The smallest absolute Gasteiger partial charge is 0.159 e. The number of hydrogen-bond donors (Lipinski definition) is 0. The fourth-order valence-corrected chi connectivity index (χ4v) is 2.43. The Morgan fingerprint density at radius 1 is 1.37 bits per heavy atom. The summed E-state index contributed by atoms with van der Waals surface area (Å²) in [4.78, 5) is 12.0. The van der Waals surface area contributed by atoms with Crippen molar-refractivity contribution in [1.29, 1.82) is 0 Å². The Hall–Kier alpha value is -1.83. The normalized spacial score (nSPS) is 18.9. The minimum absolute atomic E-state index is 0.129. The van der Waals surface area contributed by atoms with Gasteiger partial charge in [-0.1, -0.05) is 18.2 Å². The number of ketones is 1. The minimum Gasteiger partial charge on any atom is -0.494 e. The van der Waals surface area contributed by atoms with Crippen LogP contribution >= 0.6 is 0 Å². The highest BCUT2D eigenvalue weighted by atomic mass is 16.5. The second kappa shape index (κ2) is 6.37. The van der Waals surface area contributed by atoms with Gasteiger partial charge in [-0.25, -0.2) is 0 Å². The van der Waals surface area contributed by atoms with Gasteiger partial charge in [0.15, 0.2) is 5.78 Å². The van der Waals surface area contributed by atoms with E-state index in [1.807, 2.05) is 37.3 Å². The summed E-state index contributed by atoms with van der Waals surface area (Å²) in [5.74, 6) is 1.23. The molecule has 0 bridgehead atoms. The summed E-state index contributed by atoms with van der Waals surface area (Å²) in [5.41, 5.74) is 2.25. The van der Waals surface area contributed by atoms with E-state index in [4.69, 9.17) is 4.74 Å². The predicted molar refractivity (Wildman–Crippen MR) is 78.1 cm³/mol. The second-order valence-corrected chi connectivity index (χ2v) is 4.79. The van der Waals surface area contributed by atoms with E-state index >= 15 is 0 Å². The molecule has 0 radical (unpaired) electrons. The Kier molecular flexibility index (Phi) is 4.56. The van der Waals surface area contributed by atoms with E-state index in [2.05, 4.69) is 6.58 Å². The van der Waals surface area contributed by atoms with E-state index in [0.717, 1.165) is 36.1 Å². The molecule has 1 aromatic carbocycles. The minimum atomic E-state index is 0.129. The predicted octanol–water partition coefficient (Wildman–Crippen LogP) is 4.02. The van der Waals surface area contributed by atoms with Gasteiger partial charge >= 0.3 is 0 Å². The standard InChI is InChI=1S/C17H20O2/c1-3-5-14-6-7-15(12-17(14)18)13-8-10-16(11-9-13)19-4-2/h3,8-12,14H,1,4-7H2,2H3. The number of hydrogen-bond acceptors (Lipinski definition) is 2. The van der Waals surface area contributed by atoms with Crippen molar-refractivity contribution in [3.63, 3.8) is 0 Å². The number of benzene rings is 1. The Labute approximate surface area is 114 Å². The van der Waals surface area contributed by atoms with Crippen LogP contribution < -0.4 is 4.74 Å². The molecule has 19 heavy (non-hydrogen) atoms. The van der Waals surface area contributed by atoms with Gasteiger partial charge in [-0.05, 0) is 55.5 Å². The third-order valence-electron chi connectivity index (χ3n) is 3.47.